The van der Waals surface area contributed by atoms with E-state index < -0.39 is 5.60 Å². The summed E-state index contributed by atoms with van der Waals surface area (Å²) in [5.74, 6) is 6.27. The summed E-state index contributed by atoms with van der Waals surface area (Å²) in [6.07, 6.45) is 13.3. The maximum absolute atomic E-state index is 12.8. The number of nitrogens with one attached hydrogen (secondary N) is 1. The van der Waals surface area contributed by atoms with E-state index >= 15 is 0 Å². The monoisotopic (exact) mass is 387 g/mol. The van der Waals surface area contributed by atoms with E-state index in [4.69, 9.17) is 22.6 Å². The van der Waals surface area contributed by atoms with E-state index in [1.165, 1.54) is 5.56 Å². The molecule has 1 aromatic carbocycles. The molecular weight excluding hydrogens is 362 g/mol. The van der Waals surface area contributed by atoms with Gasteiger partial charge in [0.05, 0.1) is 18.3 Å². The van der Waals surface area contributed by atoms with Crippen molar-refractivity contribution in [1.29, 1.82) is 0 Å². The fraction of sp³-hybridized carbons (Fsp3) is 0.417. The fourth-order valence-electron chi connectivity index (χ4n) is 3.83. The first-order chi connectivity index (χ1) is 13.8. The number of carbonyl (C=O) groups excluding carboxylic acids is 1. The largest absolute Gasteiger partial charge is 0.444 e. The summed E-state index contributed by atoms with van der Waals surface area (Å²) in [5.41, 5.74) is 4.67. The van der Waals surface area contributed by atoms with E-state index in [2.05, 4.69) is 22.9 Å². The molecule has 1 N–H and O–H groups in total. The van der Waals surface area contributed by atoms with Crippen molar-refractivity contribution in [2.75, 3.05) is 0 Å². The molecule has 2 atom stereocenters. The Morgan fingerprint density at radius 1 is 1.34 bits per heavy atom. The first kappa shape index (κ1) is 19.2. The van der Waals surface area contributed by atoms with Crippen molar-refractivity contribution in [2.24, 2.45) is 5.92 Å². The third-order valence-corrected chi connectivity index (χ3v) is 5.32. The van der Waals surface area contributed by atoms with E-state index in [9.17, 15) is 4.79 Å². The van der Waals surface area contributed by atoms with Crippen molar-refractivity contribution in [3.63, 3.8) is 0 Å². The molecule has 1 fully saturated rings. The number of amides is 1. The van der Waals surface area contributed by atoms with Gasteiger partial charge >= 0.3 is 6.09 Å². The van der Waals surface area contributed by atoms with E-state index in [0.29, 0.717) is 6.54 Å². The number of benzene rings is 1. The zero-order valence-electron chi connectivity index (χ0n) is 17.1. The third-order valence-electron chi connectivity index (χ3n) is 5.32. The molecule has 2 aromatic rings. The number of aromatic amines is 1. The molecule has 1 heterocycles. The number of hydrogen-bond donors (Lipinski definition) is 1. The molecule has 1 amide bonds. The van der Waals surface area contributed by atoms with Crippen LogP contribution < -0.4 is 0 Å². The van der Waals surface area contributed by atoms with Crippen molar-refractivity contribution in [2.45, 2.75) is 58.2 Å². The maximum atomic E-state index is 12.8. The number of imidazole rings is 1. The zero-order chi connectivity index (χ0) is 20.8. The molecule has 2 aliphatic rings. The van der Waals surface area contributed by atoms with E-state index in [-0.39, 0.29) is 18.1 Å². The minimum atomic E-state index is -0.564. The van der Waals surface area contributed by atoms with Crippen molar-refractivity contribution >= 4 is 6.09 Å². The van der Waals surface area contributed by atoms with Gasteiger partial charge in [0.25, 0.3) is 0 Å². The van der Waals surface area contributed by atoms with E-state index in [0.717, 1.165) is 47.6 Å². The normalized spacial score (nSPS) is 19.3. The SMILES string of the molecule is C#Cc1ccc2c(c1)CCc1[nH]c(CN(C(=O)OC(C)(C)C)C3CC3C#C)nc1-2. The van der Waals surface area contributed by atoms with Crippen LogP contribution in [-0.2, 0) is 24.1 Å². The summed E-state index contributed by atoms with van der Waals surface area (Å²) in [6, 6.07) is 6.04. The molecule has 148 valence electrons. The Hall–Kier alpha value is -3.18. The Morgan fingerprint density at radius 3 is 2.79 bits per heavy atom. The molecule has 5 heteroatoms. The number of terminal acetylenes is 2. The first-order valence-electron chi connectivity index (χ1n) is 9.92. The highest BCUT2D eigenvalue weighted by Crippen LogP contribution is 2.37. The number of ether oxygens (including phenoxy) is 1. The van der Waals surface area contributed by atoms with Gasteiger partial charge in [0.15, 0.2) is 0 Å². The smallest absolute Gasteiger partial charge is 0.410 e. The lowest BCUT2D eigenvalue weighted by Crippen LogP contribution is -2.38. The second-order valence-corrected chi connectivity index (χ2v) is 8.71. The van der Waals surface area contributed by atoms with Crippen LogP contribution in [0, 0.1) is 30.6 Å². The van der Waals surface area contributed by atoms with Gasteiger partial charge in [0, 0.05) is 22.7 Å². The maximum Gasteiger partial charge on any atom is 0.410 e. The molecule has 0 spiro atoms. The lowest BCUT2D eigenvalue weighted by atomic mass is 9.91. The summed E-state index contributed by atoms with van der Waals surface area (Å²) in [4.78, 5) is 22.7. The lowest BCUT2D eigenvalue weighted by molar-refractivity contribution is 0.0206. The quantitative estimate of drug-likeness (QED) is 0.813. The zero-order valence-corrected chi connectivity index (χ0v) is 17.1. The second kappa shape index (κ2) is 7.01. The Kier molecular flexibility index (Phi) is 4.63. The first-order valence-corrected chi connectivity index (χ1v) is 9.92. The highest BCUT2D eigenvalue weighted by Gasteiger charge is 2.44. The highest BCUT2D eigenvalue weighted by atomic mass is 16.6. The lowest BCUT2D eigenvalue weighted by Gasteiger charge is -2.27. The van der Waals surface area contributed by atoms with Crippen LogP contribution in [0.2, 0.25) is 0 Å². The van der Waals surface area contributed by atoms with Gasteiger partial charge in [-0.25, -0.2) is 9.78 Å². The summed E-state index contributed by atoms with van der Waals surface area (Å²) in [7, 11) is 0. The summed E-state index contributed by atoms with van der Waals surface area (Å²) in [6.45, 7) is 5.94. The Morgan fingerprint density at radius 2 is 2.14 bits per heavy atom. The summed E-state index contributed by atoms with van der Waals surface area (Å²) < 4.78 is 5.61. The van der Waals surface area contributed by atoms with Crippen LogP contribution in [0.25, 0.3) is 11.3 Å². The Bertz CT molecular complexity index is 1050. The van der Waals surface area contributed by atoms with Crippen molar-refractivity contribution in [3.8, 4) is 35.9 Å². The minimum Gasteiger partial charge on any atom is -0.444 e. The third kappa shape index (κ3) is 3.87. The topological polar surface area (TPSA) is 58.2 Å². The molecule has 0 aliphatic heterocycles. The van der Waals surface area contributed by atoms with Crippen molar-refractivity contribution < 1.29 is 9.53 Å². The molecule has 0 saturated heterocycles. The van der Waals surface area contributed by atoms with Gasteiger partial charge in [-0.2, -0.15) is 0 Å². The molecular formula is C24H25N3O2. The predicted molar refractivity (Wildman–Crippen MR) is 112 cm³/mol. The van der Waals surface area contributed by atoms with Crippen LogP contribution in [0.15, 0.2) is 18.2 Å². The van der Waals surface area contributed by atoms with Gasteiger partial charge in [-0.15, -0.1) is 18.8 Å². The molecule has 2 aliphatic carbocycles. The predicted octanol–water partition coefficient (Wildman–Crippen LogP) is 3.92. The molecule has 29 heavy (non-hydrogen) atoms. The molecule has 0 radical (unpaired) electrons. The summed E-state index contributed by atoms with van der Waals surface area (Å²) in [5, 5.41) is 0. The fourth-order valence-corrected chi connectivity index (χ4v) is 3.83. The van der Waals surface area contributed by atoms with Crippen LogP contribution in [-0.4, -0.2) is 32.6 Å². The number of carbonyl (C=O) groups is 1. The minimum absolute atomic E-state index is 0.00227. The molecule has 1 saturated carbocycles. The van der Waals surface area contributed by atoms with Crippen molar-refractivity contribution in [1.82, 2.24) is 14.9 Å². The van der Waals surface area contributed by atoms with Crippen LogP contribution in [0.5, 0.6) is 0 Å². The number of aryl methyl sites for hydroxylation is 2. The standard InChI is InChI=1S/C24H25N3O2/c1-6-15-8-10-18-17(12-15)9-11-19-22(18)26-21(25-19)14-27(20-13-16(20)7-2)23(28)29-24(3,4)5/h1-2,8,10,12,16,20H,9,11,13-14H2,3-5H3,(H,25,26). The number of nitrogens with zero attached hydrogens (tertiary/aromatic N) is 2. The van der Waals surface area contributed by atoms with Gasteiger partial charge in [-0.3, -0.25) is 4.90 Å². The average Bonchev–Trinajstić information content (AvgIpc) is 3.33. The van der Waals surface area contributed by atoms with Crippen LogP contribution in [0.4, 0.5) is 4.79 Å². The van der Waals surface area contributed by atoms with Gasteiger partial charge in [-0.05, 0) is 57.7 Å². The number of rotatable bonds is 3. The highest BCUT2D eigenvalue weighted by molar-refractivity contribution is 5.71. The van der Waals surface area contributed by atoms with E-state index in [1.807, 2.05) is 32.9 Å². The Labute approximate surface area is 171 Å². The Balaban J connectivity index is 1.60. The number of aromatic nitrogens is 2. The second-order valence-electron chi connectivity index (χ2n) is 8.71. The molecule has 4 rings (SSSR count). The van der Waals surface area contributed by atoms with Gasteiger partial charge in [0.2, 0.25) is 0 Å². The molecule has 0 bridgehead atoms. The van der Waals surface area contributed by atoms with Crippen LogP contribution >= 0.6 is 0 Å². The summed E-state index contributed by atoms with van der Waals surface area (Å²) >= 11 is 0. The average molecular weight is 387 g/mol. The molecule has 2 unspecified atom stereocenters. The van der Waals surface area contributed by atoms with E-state index in [1.54, 1.807) is 4.90 Å². The van der Waals surface area contributed by atoms with Crippen LogP contribution in [0.1, 0.15) is 49.8 Å². The molecule has 1 aromatic heterocycles. The van der Waals surface area contributed by atoms with Crippen LogP contribution in [0.3, 0.4) is 0 Å². The van der Waals surface area contributed by atoms with Gasteiger partial charge in [-0.1, -0.05) is 12.0 Å². The number of fused-ring (bicyclic) bond motifs is 3. The van der Waals surface area contributed by atoms with Crippen molar-refractivity contribution in [3.05, 3.63) is 40.8 Å². The molecule has 5 nitrogen and oxygen atoms in total. The number of hydrogen-bond acceptors (Lipinski definition) is 3. The van der Waals surface area contributed by atoms with Gasteiger partial charge < -0.3 is 9.72 Å². The van der Waals surface area contributed by atoms with Gasteiger partial charge in [0.1, 0.15) is 11.4 Å². The number of H-pyrrole nitrogens is 1.